The van der Waals surface area contributed by atoms with E-state index in [1.807, 2.05) is 24.3 Å². The first-order valence-electron chi connectivity index (χ1n) is 11.6. The van der Waals surface area contributed by atoms with Gasteiger partial charge in [0.15, 0.2) is 11.5 Å². The molecule has 1 atom stereocenters. The lowest BCUT2D eigenvalue weighted by Crippen LogP contribution is -2.42. The van der Waals surface area contributed by atoms with Gasteiger partial charge >= 0.3 is 6.09 Å². The van der Waals surface area contributed by atoms with Gasteiger partial charge in [-0.1, -0.05) is 6.07 Å². The Balaban J connectivity index is 1.54. The van der Waals surface area contributed by atoms with Crippen LogP contribution in [-0.2, 0) is 4.74 Å². The van der Waals surface area contributed by atoms with Crippen LogP contribution in [0, 0.1) is 11.3 Å². The van der Waals surface area contributed by atoms with Crippen molar-refractivity contribution < 1.29 is 28.5 Å². The van der Waals surface area contributed by atoms with Crippen LogP contribution in [0.2, 0.25) is 0 Å². The number of nitrogens with two attached hydrogens (primary N) is 1. The van der Waals surface area contributed by atoms with Crippen molar-refractivity contribution in [2.75, 3.05) is 40.5 Å². The van der Waals surface area contributed by atoms with E-state index >= 15 is 0 Å². The molecule has 0 radical (unpaired) electrons. The number of hydrogen-bond acceptors (Lipinski definition) is 9. The molecule has 0 spiro atoms. The van der Waals surface area contributed by atoms with Crippen LogP contribution in [0.5, 0.6) is 23.1 Å². The summed E-state index contributed by atoms with van der Waals surface area (Å²) in [6, 6.07) is 14.7. The van der Waals surface area contributed by atoms with Crippen LogP contribution in [0.1, 0.15) is 17.0 Å². The van der Waals surface area contributed by atoms with Crippen molar-refractivity contribution in [1.29, 1.82) is 5.26 Å². The summed E-state index contributed by atoms with van der Waals surface area (Å²) < 4.78 is 27.4. The Bertz CT molecular complexity index is 1390. The number of morpholine rings is 1. The normalized spacial score (nSPS) is 16.9. The zero-order valence-electron chi connectivity index (χ0n) is 20.3. The smallest absolute Gasteiger partial charge is 0.415 e. The number of nitrogens with one attached hydrogen (secondary N) is 1. The van der Waals surface area contributed by atoms with E-state index in [0.29, 0.717) is 54.6 Å². The number of aromatic amines is 1. The molecule has 11 nitrogen and oxygen atoms in total. The van der Waals surface area contributed by atoms with E-state index in [2.05, 4.69) is 16.3 Å². The summed E-state index contributed by atoms with van der Waals surface area (Å²) in [5.41, 5.74) is 9.17. The Morgan fingerprint density at radius 2 is 1.89 bits per heavy atom. The summed E-state index contributed by atoms with van der Waals surface area (Å²) in [6.07, 6.45) is -0.485. The minimum absolute atomic E-state index is 0.0328. The number of ether oxygens (including phenoxy) is 5. The van der Waals surface area contributed by atoms with Crippen LogP contribution < -0.4 is 24.7 Å². The van der Waals surface area contributed by atoms with Crippen LogP contribution in [0.25, 0.3) is 11.3 Å². The summed E-state index contributed by atoms with van der Waals surface area (Å²) >= 11 is 0. The van der Waals surface area contributed by atoms with Gasteiger partial charge in [-0.15, -0.1) is 5.10 Å². The van der Waals surface area contributed by atoms with Gasteiger partial charge in [0.05, 0.1) is 44.6 Å². The zero-order valence-corrected chi connectivity index (χ0v) is 20.3. The molecule has 2 aliphatic rings. The van der Waals surface area contributed by atoms with Gasteiger partial charge in [0.25, 0.3) is 0 Å². The number of nitrogens with zero attached hydrogens (tertiary/aromatic N) is 3. The summed E-state index contributed by atoms with van der Waals surface area (Å²) in [7, 11) is 3.08. The summed E-state index contributed by atoms with van der Waals surface area (Å²) in [4.78, 5) is 14.2. The van der Waals surface area contributed by atoms with Crippen molar-refractivity contribution in [3.63, 3.8) is 0 Å². The molecule has 3 N–H and O–H groups in total. The molecular formula is C26H25N5O6. The van der Waals surface area contributed by atoms with Crippen molar-refractivity contribution >= 4 is 6.09 Å². The van der Waals surface area contributed by atoms with Gasteiger partial charge in [-0.05, 0) is 42.0 Å². The number of allylic oxidation sites excluding steroid dienone is 1. The number of fused-ring (bicyclic) bond motifs is 1. The van der Waals surface area contributed by atoms with Crippen molar-refractivity contribution in [2.45, 2.75) is 5.92 Å². The van der Waals surface area contributed by atoms with Crippen LogP contribution in [0.4, 0.5) is 4.79 Å². The first-order valence-corrected chi connectivity index (χ1v) is 11.6. The molecule has 1 saturated heterocycles. The Morgan fingerprint density at radius 3 is 2.57 bits per heavy atom. The third-order valence-electron chi connectivity index (χ3n) is 6.31. The zero-order chi connectivity index (χ0) is 25.9. The van der Waals surface area contributed by atoms with E-state index in [4.69, 9.17) is 29.4 Å². The summed E-state index contributed by atoms with van der Waals surface area (Å²) in [5, 5.41) is 17.3. The van der Waals surface area contributed by atoms with Crippen LogP contribution >= 0.6 is 0 Å². The van der Waals surface area contributed by atoms with E-state index in [1.165, 1.54) is 7.11 Å². The molecule has 0 saturated carbocycles. The van der Waals surface area contributed by atoms with Gasteiger partial charge in [-0.25, -0.2) is 4.79 Å². The molecule has 11 heteroatoms. The Morgan fingerprint density at radius 1 is 1.14 bits per heavy atom. The average Bonchev–Trinajstić information content (AvgIpc) is 3.36. The molecule has 2 aliphatic heterocycles. The Labute approximate surface area is 212 Å². The quantitative estimate of drug-likeness (QED) is 0.536. The highest BCUT2D eigenvalue weighted by Gasteiger charge is 2.36. The summed E-state index contributed by atoms with van der Waals surface area (Å²) in [5.74, 6) is 0.926. The minimum atomic E-state index is -0.609. The molecule has 1 amide bonds. The van der Waals surface area contributed by atoms with E-state index in [-0.39, 0.29) is 23.1 Å². The monoisotopic (exact) mass is 503 g/mol. The third kappa shape index (κ3) is 4.50. The number of carbonyl (C=O) groups excluding carboxylic acids is 1. The van der Waals surface area contributed by atoms with Gasteiger partial charge in [0.2, 0.25) is 11.8 Å². The highest BCUT2D eigenvalue weighted by Crippen LogP contribution is 2.47. The SMILES string of the molecule is COc1ccc(-c2[nH]nc3c2[C@H](c2ccc(OC(=O)N4CCOCC4)c(OC)c2)C(C#N)=C(N)O3)cc1. The molecule has 0 bridgehead atoms. The Hall–Kier alpha value is -4.69. The van der Waals surface area contributed by atoms with Crippen LogP contribution in [-0.4, -0.2) is 61.7 Å². The van der Waals surface area contributed by atoms with E-state index in [0.717, 1.165) is 5.56 Å². The van der Waals surface area contributed by atoms with E-state index in [9.17, 15) is 10.1 Å². The second-order valence-corrected chi connectivity index (χ2v) is 8.35. The second kappa shape index (κ2) is 10.1. The fourth-order valence-corrected chi connectivity index (χ4v) is 4.41. The minimum Gasteiger partial charge on any atom is -0.497 e. The number of hydrogen-bond donors (Lipinski definition) is 2. The van der Waals surface area contributed by atoms with Crippen LogP contribution in [0.3, 0.4) is 0 Å². The number of aromatic nitrogens is 2. The molecule has 3 aromatic rings. The largest absolute Gasteiger partial charge is 0.497 e. The van der Waals surface area contributed by atoms with Gasteiger partial charge < -0.3 is 34.3 Å². The highest BCUT2D eigenvalue weighted by molar-refractivity contribution is 5.73. The number of benzene rings is 2. The molecule has 190 valence electrons. The topological polar surface area (TPSA) is 145 Å². The first kappa shape index (κ1) is 24.0. The van der Waals surface area contributed by atoms with Crippen molar-refractivity contribution in [3.8, 4) is 40.5 Å². The van der Waals surface area contributed by atoms with Gasteiger partial charge in [0.1, 0.15) is 17.4 Å². The van der Waals surface area contributed by atoms with E-state index in [1.54, 1.807) is 30.2 Å². The van der Waals surface area contributed by atoms with Crippen molar-refractivity contribution in [2.24, 2.45) is 5.73 Å². The fourth-order valence-electron chi connectivity index (χ4n) is 4.41. The number of methoxy groups -OCH3 is 2. The van der Waals surface area contributed by atoms with Gasteiger partial charge in [-0.2, -0.15) is 5.26 Å². The van der Waals surface area contributed by atoms with Crippen molar-refractivity contribution in [1.82, 2.24) is 15.1 Å². The number of amides is 1. The molecule has 2 aromatic carbocycles. The maximum atomic E-state index is 12.6. The molecule has 1 aromatic heterocycles. The predicted molar refractivity (Wildman–Crippen MR) is 131 cm³/mol. The maximum Gasteiger partial charge on any atom is 0.415 e. The van der Waals surface area contributed by atoms with Gasteiger partial charge in [-0.3, -0.25) is 5.10 Å². The van der Waals surface area contributed by atoms with Crippen LogP contribution in [0.15, 0.2) is 53.9 Å². The fraction of sp³-hybridized carbons (Fsp3) is 0.269. The standard InChI is InChI=1S/C26H25N5O6/c1-33-17-6-3-15(4-7-17)23-22-21(18(14-27)24(28)37-25(22)30-29-23)16-5-8-19(20(13-16)34-2)36-26(32)31-9-11-35-12-10-31/h3-8,13,21H,9-12,28H2,1-2H3,(H,29,30)/t21-/m1/s1. The third-order valence-corrected chi connectivity index (χ3v) is 6.31. The molecule has 5 rings (SSSR count). The molecule has 37 heavy (non-hydrogen) atoms. The van der Waals surface area contributed by atoms with Crippen molar-refractivity contribution in [3.05, 3.63) is 65.0 Å². The Kier molecular flexibility index (Phi) is 6.57. The predicted octanol–water partition coefficient (Wildman–Crippen LogP) is 3.14. The second-order valence-electron chi connectivity index (χ2n) is 8.35. The van der Waals surface area contributed by atoms with Gasteiger partial charge in [0, 0.05) is 18.7 Å². The van der Waals surface area contributed by atoms with E-state index < -0.39 is 12.0 Å². The molecule has 0 aliphatic carbocycles. The summed E-state index contributed by atoms with van der Waals surface area (Å²) in [6.45, 7) is 1.83. The number of nitriles is 1. The highest BCUT2D eigenvalue weighted by atomic mass is 16.6. The maximum absolute atomic E-state index is 12.6. The molecule has 1 fully saturated rings. The first-order chi connectivity index (χ1) is 18.0. The molecular weight excluding hydrogens is 478 g/mol. The lowest BCUT2D eigenvalue weighted by atomic mass is 9.83. The molecule has 0 unspecified atom stereocenters. The average molecular weight is 504 g/mol. The number of H-pyrrole nitrogens is 1. The molecule has 3 heterocycles. The lowest BCUT2D eigenvalue weighted by Gasteiger charge is -2.27. The lowest BCUT2D eigenvalue weighted by molar-refractivity contribution is 0.0413. The number of rotatable bonds is 5. The number of carbonyl (C=O) groups is 1.